The number of hydrogen-bond acceptors (Lipinski definition) is 4. The Morgan fingerprint density at radius 3 is 2.71 bits per heavy atom. The Balaban J connectivity index is 1.60. The lowest BCUT2D eigenvalue weighted by Gasteiger charge is -2.30. The summed E-state index contributed by atoms with van der Waals surface area (Å²) in [7, 11) is 1.64. The standard InChI is InChI=1S/C21H24N4O3/c1-28-17-11-9-16(10-12-17)18-7-3-2-5-13-23(18)20(26)15-25-21(27)24-14-6-4-8-19(24)22-25/h4,6,8-12,14,18H,2-3,5,7,13,15H2,1H3. The van der Waals surface area contributed by atoms with Crippen molar-refractivity contribution in [3.63, 3.8) is 0 Å². The highest BCUT2D eigenvalue weighted by molar-refractivity contribution is 5.76. The van der Waals surface area contributed by atoms with E-state index in [1.807, 2.05) is 35.2 Å². The first kappa shape index (κ1) is 18.3. The van der Waals surface area contributed by atoms with Gasteiger partial charge in [-0.2, -0.15) is 0 Å². The molecule has 28 heavy (non-hydrogen) atoms. The summed E-state index contributed by atoms with van der Waals surface area (Å²) < 4.78 is 7.96. The molecule has 3 aromatic rings. The number of fused-ring (bicyclic) bond motifs is 1. The highest BCUT2D eigenvalue weighted by atomic mass is 16.5. The van der Waals surface area contributed by atoms with Crippen LogP contribution in [0, 0.1) is 0 Å². The third-order valence-corrected chi connectivity index (χ3v) is 5.35. The highest BCUT2D eigenvalue weighted by Gasteiger charge is 2.27. The molecule has 3 heterocycles. The first-order valence-corrected chi connectivity index (χ1v) is 9.65. The molecule has 1 unspecified atom stereocenters. The average Bonchev–Trinajstić information content (AvgIpc) is 2.90. The van der Waals surface area contributed by atoms with Crippen molar-refractivity contribution >= 4 is 11.6 Å². The summed E-state index contributed by atoms with van der Waals surface area (Å²) in [5.41, 5.74) is 1.35. The number of methoxy groups -OCH3 is 1. The minimum Gasteiger partial charge on any atom is -0.497 e. The van der Waals surface area contributed by atoms with Crippen LogP contribution in [0.25, 0.3) is 5.65 Å². The molecule has 1 amide bonds. The van der Waals surface area contributed by atoms with Crippen molar-refractivity contribution in [2.24, 2.45) is 0 Å². The van der Waals surface area contributed by atoms with Crippen LogP contribution in [0.3, 0.4) is 0 Å². The minimum atomic E-state index is -0.292. The fraction of sp³-hybridized carbons (Fsp3) is 0.381. The summed E-state index contributed by atoms with van der Waals surface area (Å²) in [6, 6.07) is 13.3. The van der Waals surface area contributed by atoms with E-state index in [2.05, 4.69) is 5.10 Å². The molecule has 0 radical (unpaired) electrons. The number of likely N-dealkylation sites (tertiary alicyclic amines) is 1. The van der Waals surface area contributed by atoms with E-state index in [0.717, 1.165) is 37.0 Å². The van der Waals surface area contributed by atoms with Crippen molar-refractivity contribution in [2.45, 2.75) is 38.3 Å². The molecule has 7 heteroatoms. The van der Waals surface area contributed by atoms with Crippen LogP contribution in [0.4, 0.5) is 0 Å². The summed E-state index contributed by atoms with van der Waals surface area (Å²) in [5, 5.41) is 4.29. The van der Waals surface area contributed by atoms with Crippen LogP contribution in [0.2, 0.25) is 0 Å². The van der Waals surface area contributed by atoms with Gasteiger partial charge in [0.2, 0.25) is 5.91 Å². The van der Waals surface area contributed by atoms with Gasteiger partial charge in [-0.05, 0) is 42.7 Å². The second-order valence-corrected chi connectivity index (χ2v) is 7.09. The van der Waals surface area contributed by atoms with Crippen LogP contribution in [0.1, 0.15) is 37.3 Å². The number of pyridine rings is 1. The van der Waals surface area contributed by atoms with E-state index in [1.54, 1.807) is 25.4 Å². The molecule has 0 spiro atoms. The van der Waals surface area contributed by atoms with Crippen LogP contribution in [0.5, 0.6) is 5.75 Å². The number of hydrogen-bond donors (Lipinski definition) is 0. The SMILES string of the molecule is COc1ccc(C2CCCCCN2C(=O)Cn2nc3ccccn3c2=O)cc1. The number of aromatic nitrogens is 3. The molecule has 146 valence electrons. The second kappa shape index (κ2) is 7.88. The average molecular weight is 380 g/mol. The molecule has 0 saturated carbocycles. The number of benzene rings is 1. The van der Waals surface area contributed by atoms with Crippen LogP contribution < -0.4 is 10.4 Å². The van der Waals surface area contributed by atoms with Gasteiger partial charge in [0.15, 0.2) is 5.65 Å². The fourth-order valence-corrected chi connectivity index (χ4v) is 3.87. The molecule has 1 aromatic carbocycles. The molecule has 1 aliphatic rings. The van der Waals surface area contributed by atoms with E-state index in [4.69, 9.17) is 4.74 Å². The molecule has 1 fully saturated rings. The van der Waals surface area contributed by atoms with E-state index in [1.165, 1.54) is 9.08 Å². The van der Waals surface area contributed by atoms with Gasteiger partial charge in [0, 0.05) is 12.7 Å². The zero-order valence-corrected chi connectivity index (χ0v) is 16.0. The summed E-state index contributed by atoms with van der Waals surface area (Å²) >= 11 is 0. The normalized spacial score (nSPS) is 17.5. The van der Waals surface area contributed by atoms with Gasteiger partial charge in [-0.25, -0.2) is 9.48 Å². The van der Waals surface area contributed by atoms with E-state index in [-0.39, 0.29) is 24.2 Å². The lowest BCUT2D eigenvalue weighted by molar-refractivity contribution is -0.134. The summed E-state index contributed by atoms with van der Waals surface area (Å²) in [6.07, 6.45) is 5.73. The number of ether oxygens (including phenoxy) is 1. The number of nitrogens with zero attached hydrogens (tertiary/aromatic N) is 4. The Morgan fingerprint density at radius 2 is 1.96 bits per heavy atom. The molecule has 1 aliphatic heterocycles. The van der Waals surface area contributed by atoms with Crippen molar-refractivity contribution < 1.29 is 9.53 Å². The maximum absolute atomic E-state index is 13.1. The molecule has 4 rings (SSSR count). The van der Waals surface area contributed by atoms with Crippen molar-refractivity contribution in [2.75, 3.05) is 13.7 Å². The Kier molecular flexibility index (Phi) is 5.14. The van der Waals surface area contributed by atoms with Gasteiger partial charge in [-0.1, -0.05) is 31.0 Å². The van der Waals surface area contributed by atoms with Crippen LogP contribution in [-0.2, 0) is 11.3 Å². The zero-order valence-electron chi connectivity index (χ0n) is 16.0. The Hall–Kier alpha value is -3.09. The van der Waals surface area contributed by atoms with Gasteiger partial charge in [0.25, 0.3) is 0 Å². The third kappa shape index (κ3) is 3.52. The molecular formula is C21H24N4O3. The van der Waals surface area contributed by atoms with Gasteiger partial charge >= 0.3 is 5.69 Å². The Morgan fingerprint density at radius 1 is 1.14 bits per heavy atom. The van der Waals surface area contributed by atoms with Gasteiger partial charge in [-0.15, -0.1) is 5.10 Å². The smallest absolute Gasteiger partial charge is 0.350 e. The lowest BCUT2D eigenvalue weighted by Crippen LogP contribution is -2.39. The number of carbonyl (C=O) groups is 1. The predicted octanol–water partition coefficient (Wildman–Crippen LogP) is 2.65. The van der Waals surface area contributed by atoms with Crippen molar-refractivity contribution in [3.05, 3.63) is 64.7 Å². The summed E-state index contributed by atoms with van der Waals surface area (Å²) in [5.74, 6) is 0.722. The Bertz CT molecular complexity index is 1020. The molecule has 7 nitrogen and oxygen atoms in total. The molecule has 0 N–H and O–H groups in total. The van der Waals surface area contributed by atoms with Gasteiger partial charge in [-0.3, -0.25) is 9.20 Å². The molecule has 1 saturated heterocycles. The van der Waals surface area contributed by atoms with Gasteiger partial charge in [0.1, 0.15) is 12.3 Å². The second-order valence-electron chi connectivity index (χ2n) is 7.09. The third-order valence-electron chi connectivity index (χ3n) is 5.35. The van der Waals surface area contributed by atoms with E-state index in [9.17, 15) is 9.59 Å². The summed E-state index contributed by atoms with van der Waals surface area (Å²) in [4.78, 5) is 27.6. The molecule has 2 aromatic heterocycles. The van der Waals surface area contributed by atoms with Crippen molar-refractivity contribution in [1.29, 1.82) is 0 Å². The zero-order chi connectivity index (χ0) is 19.5. The van der Waals surface area contributed by atoms with Crippen LogP contribution >= 0.6 is 0 Å². The fourth-order valence-electron chi connectivity index (χ4n) is 3.87. The van der Waals surface area contributed by atoms with E-state index >= 15 is 0 Å². The summed E-state index contributed by atoms with van der Waals surface area (Å²) in [6.45, 7) is 0.644. The van der Waals surface area contributed by atoms with E-state index < -0.39 is 0 Å². The maximum atomic E-state index is 13.1. The van der Waals surface area contributed by atoms with Crippen molar-refractivity contribution in [1.82, 2.24) is 19.1 Å². The van der Waals surface area contributed by atoms with Gasteiger partial charge in [0.05, 0.1) is 13.2 Å². The lowest BCUT2D eigenvalue weighted by atomic mass is 10.0. The molecule has 0 bridgehead atoms. The molecular weight excluding hydrogens is 356 g/mol. The van der Waals surface area contributed by atoms with Crippen LogP contribution in [-0.4, -0.2) is 38.6 Å². The van der Waals surface area contributed by atoms with Gasteiger partial charge < -0.3 is 9.64 Å². The molecule has 0 aliphatic carbocycles. The maximum Gasteiger partial charge on any atom is 0.350 e. The number of amides is 1. The number of carbonyl (C=O) groups excluding carboxylic acids is 1. The topological polar surface area (TPSA) is 68.8 Å². The minimum absolute atomic E-state index is 0.00800. The van der Waals surface area contributed by atoms with E-state index in [0.29, 0.717) is 12.2 Å². The Labute approximate surface area is 163 Å². The molecule has 1 atom stereocenters. The van der Waals surface area contributed by atoms with Crippen LogP contribution in [0.15, 0.2) is 53.5 Å². The first-order valence-electron chi connectivity index (χ1n) is 9.65. The quantitative estimate of drug-likeness (QED) is 0.698. The predicted molar refractivity (Wildman–Crippen MR) is 105 cm³/mol. The highest BCUT2D eigenvalue weighted by Crippen LogP contribution is 2.31. The largest absolute Gasteiger partial charge is 0.497 e. The number of rotatable bonds is 4. The monoisotopic (exact) mass is 380 g/mol. The van der Waals surface area contributed by atoms with Crippen molar-refractivity contribution in [3.8, 4) is 5.75 Å². The first-order chi connectivity index (χ1) is 13.7.